The molecule has 2 aliphatic rings. The second-order valence-corrected chi connectivity index (χ2v) is 5.29. The van der Waals surface area contributed by atoms with Crippen molar-refractivity contribution >= 4 is 5.91 Å². The molecule has 2 heterocycles. The molecule has 1 aromatic rings. The lowest BCUT2D eigenvalue weighted by molar-refractivity contribution is -0.183. The minimum Gasteiger partial charge on any atom is -0.494 e. The van der Waals surface area contributed by atoms with Crippen LogP contribution in [0, 0.1) is 5.82 Å². The van der Waals surface area contributed by atoms with Crippen molar-refractivity contribution in [3.8, 4) is 5.75 Å². The Balaban J connectivity index is 1.78. The van der Waals surface area contributed by atoms with Crippen molar-refractivity contribution in [1.82, 2.24) is 4.90 Å². The molecule has 0 aliphatic carbocycles. The van der Waals surface area contributed by atoms with Crippen LogP contribution in [0.2, 0.25) is 0 Å². The zero-order chi connectivity index (χ0) is 14.9. The van der Waals surface area contributed by atoms with Crippen LogP contribution >= 0.6 is 0 Å². The SMILES string of the molecule is COc1cc(C(=O)N2CCCC3(C2)OCCO3)ccc1F. The number of amides is 1. The molecule has 0 bridgehead atoms. The monoisotopic (exact) mass is 295 g/mol. The van der Waals surface area contributed by atoms with E-state index in [2.05, 4.69) is 0 Å². The molecule has 114 valence electrons. The molecule has 2 saturated heterocycles. The van der Waals surface area contributed by atoms with Crippen LogP contribution in [0.15, 0.2) is 18.2 Å². The molecule has 6 heteroatoms. The van der Waals surface area contributed by atoms with Gasteiger partial charge in [0.25, 0.3) is 5.91 Å². The van der Waals surface area contributed by atoms with Crippen LogP contribution in [-0.4, -0.2) is 50.0 Å². The average Bonchev–Trinajstić information content (AvgIpc) is 2.95. The number of likely N-dealkylation sites (tertiary alicyclic amines) is 1. The normalized spacial score (nSPS) is 20.8. The van der Waals surface area contributed by atoms with Gasteiger partial charge in [-0.25, -0.2) is 4.39 Å². The molecule has 1 amide bonds. The Kier molecular flexibility index (Phi) is 3.82. The van der Waals surface area contributed by atoms with E-state index in [1.54, 1.807) is 4.90 Å². The predicted octanol–water partition coefficient (Wildman–Crippen LogP) is 1.81. The minimum atomic E-state index is -0.655. The topological polar surface area (TPSA) is 48.0 Å². The van der Waals surface area contributed by atoms with Crippen LogP contribution in [0.4, 0.5) is 4.39 Å². The van der Waals surface area contributed by atoms with Crippen LogP contribution in [0.3, 0.4) is 0 Å². The minimum absolute atomic E-state index is 0.0703. The summed E-state index contributed by atoms with van der Waals surface area (Å²) < 4.78 is 29.7. The van der Waals surface area contributed by atoms with E-state index < -0.39 is 11.6 Å². The number of nitrogens with zero attached hydrogens (tertiary/aromatic N) is 1. The van der Waals surface area contributed by atoms with Crippen LogP contribution < -0.4 is 4.74 Å². The van der Waals surface area contributed by atoms with E-state index in [1.165, 1.54) is 25.3 Å². The summed E-state index contributed by atoms with van der Waals surface area (Å²) in [6.45, 7) is 2.18. The van der Waals surface area contributed by atoms with E-state index >= 15 is 0 Å². The summed E-state index contributed by atoms with van der Waals surface area (Å²) in [5, 5.41) is 0. The number of piperidine rings is 1. The number of carbonyl (C=O) groups is 1. The highest BCUT2D eigenvalue weighted by atomic mass is 19.1. The maximum atomic E-state index is 13.4. The van der Waals surface area contributed by atoms with Gasteiger partial charge >= 0.3 is 0 Å². The Labute approximate surface area is 122 Å². The van der Waals surface area contributed by atoms with Crippen molar-refractivity contribution in [2.45, 2.75) is 18.6 Å². The van der Waals surface area contributed by atoms with Crippen molar-refractivity contribution in [2.75, 3.05) is 33.4 Å². The lowest BCUT2D eigenvalue weighted by atomic mass is 10.0. The fourth-order valence-corrected chi connectivity index (χ4v) is 2.87. The number of hydrogen-bond donors (Lipinski definition) is 0. The number of halogens is 1. The summed E-state index contributed by atoms with van der Waals surface area (Å²) >= 11 is 0. The van der Waals surface area contributed by atoms with Crippen molar-refractivity contribution < 1.29 is 23.4 Å². The van der Waals surface area contributed by atoms with Gasteiger partial charge in [0.15, 0.2) is 17.4 Å². The van der Waals surface area contributed by atoms with E-state index in [1.807, 2.05) is 0 Å². The third-order valence-corrected chi connectivity index (χ3v) is 3.92. The third kappa shape index (κ3) is 2.73. The fraction of sp³-hybridized carbons (Fsp3) is 0.533. The molecule has 0 saturated carbocycles. The lowest BCUT2D eigenvalue weighted by Crippen LogP contribution is -2.51. The van der Waals surface area contributed by atoms with Crippen LogP contribution in [0.25, 0.3) is 0 Å². The van der Waals surface area contributed by atoms with E-state index in [4.69, 9.17) is 14.2 Å². The van der Waals surface area contributed by atoms with Gasteiger partial charge in [0.2, 0.25) is 0 Å². The Bertz CT molecular complexity index is 542. The quantitative estimate of drug-likeness (QED) is 0.835. The van der Waals surface area contributed by atoms with Crippen molar-refractivity contribution in [1.29, 1.82) is 0 Å². The van der Waals surface area contributed by atoms with E-state index in [0.29, 0.717) is 31.9 Å². The molecule has 0 aromatic heterocycles. The second-order valence-electron chi connectivity index (χ2n) is 5.29. The Morgan fingerprint density at radius 3 is 2.86 bits per heavy atom. The largest absolute Gasteiger partial charge is 0.494 e. The van der Waals surface area contributed by atoms with E-state index in [-0.39, 0.29) is 11.7 Å². The van der Waals surface area contributed by atoms with Crippen LogP contribution in [-0.2, 0) is 9.47 Å². The predicted molar refractivity (Wildman–Crippen MR) is 72.7 cm³/mol. The van der Waals surface area contributed by atoms with Gasteiger partial charge in [-0.1, -0.05) is 0 Å². The number of methoxy groups -OCH3 is 1. The highest BCUT2D eigenvalue weighted by Gasteiger charge is 2.42. The number of carbonyl (C=O) groups excluding carboxylic acids is 1. The maximum absolute atomic E-state index is 13.4. The van der Waals surface area contributed by atoms with Crippen molar-refractivity contribution in [3.63, 3.8) is 0 Å². The Hall–Kier alpha value is -1.66. The molecular weight excluding hydrogens is 277 g/mol. The van der Waals surface area contributed by atoms with Crippen molar-refractivity contribution in [2.24, 2.45) is 0 Å². The zero-order valence-corrected chi connectivity index (χ0v) is 11.9. The van der Waals surface area contributed by atoms with E-state index in [9.17, 15) is 9.18 Å². The number of ether oxygens (including phenoxy) is 3. The molecule has 21 heavy (non-hydrogen) atoms. The molecule has 1 aromatic carbocycles. The summed E-state index contributed by atoms with van der Waals surface area (Å²) in [6.07, 6.45) is 1.62. The third-order valence-electron chi connectivity index (χ3n) is 3.92. The number of rotatable bonds is 2. The van der Waals surface area contributed by atoms with Gasteiger partial charge in [0, 0.05) is 18.5 Å². The summed E-state index contributed by atoms with van der Waals surface area (Å²) in [5.41, 5.74) is 0.406. The first-order valence-electron chi connectivity index (χ1n) is 7.04. The van der Waals surface area contributed by atoms with Crippen molar-refractivity contribution in [3.05, 3.63) is 29.6 Å². The average molecular weight is 295 g/mol. The zero-order valence-electron chi connectivity index (χ0n) is 11.9. The van der Waals surface area contributed by atoms with Gasteiger partial charge in [-0.05, 0) is 24.6 Å². The molecule has 0 N–H and O–H groups in total. The maximum Gasteiger partial charge on any atom is 0.254 e. The van der Waals surface area contributed by atoms with Gasteiger partial charge in [0.1, 0.15) is 0 Å². The van der Waals surface area contributed by atoms with E-state index in [0.717, 1.165) is 12.8 Å². The van der Waals surface area contributed by atoms with Gasteiger partial charge in [-0.15, -0.1) is 0 Å². The molecule has 0 radical (unpaired) electrons. The smallest absolute Gasteiger partial charge is 0.254 e. The van der Waals surface area contributed by atoms with Gasteiger partial charge in [-0.3, -0.25) is 4.79 Å². The summed E-state index contributed by atoms with van der Waals surface area (Å²) in [6, 6.07) is 4.14. The highest BCUT2D eigenvalue weighted by molar-refractivity contribution is 5.94. The molecular formula is C15H18FNO4. The number of benzene rings is 1. The first-order chi connectivity index (χ1) is 10.1. The first kappa shape index (κ1) is 14.3. The Morgan fingerprint density at radius 1 is 1.38 bits per heavy atom. The van der Waals surface area contributed by atoms with Gasteiger partial charge in [-0.2, -0.15) is 0 Å². The molecule has 0 atom stereocenters. The van der Waals surface area contributed by atoms with Crippen LogP contribution in [0.5, 0.6) is 5.75 Å². The Morgan fingerprint density at radius 2 is 2.14 bits per heavy atom. The summed E-state index contributed by atoms with van der Waals surface area (Å²) in [4.78, 5) is 14.3. The van der Waals surface area contributed by atoms with Crippen LogP contribution in [0.1, 0.15) is 23.2 Å². The lowest BCUT2D eigenvalue weighted by Gasteiger charge is -2.38. The molecule has 2 fully saturated rings. The van der Waals surface area contributed by atoms with Gasteiger partial charge in [0.05, 0.1) is 26.9 Å². The molecule has 5 nitrogen and oxygen atoms in total. The van der Waals surface area contributed by atoms with Gasteiger partial charge < -0.3 is 19.1 Å². The molecule has 1 spiro atoms. The molecule has 3 rings (SSSR count). The standard InChI is InChI=1S/C15H18FNO4/c1-19-13-9-11(3-4-12(13)16)14(18)17-6-2-5-15(10-17)20-7-8-21-15/h3-4,9H,2,5-8,10H2,1H3. The summed E-state index contributed by atoms with van der Waals surface area (Å²) in [7, 11) is 1.38. The summed E-state index contributed by atoms with van der Waals surface area (Å²) in [5.74, 6) is -1.23. The molecule has 0 unspecified atom stereocenters. The molecule has 2 aliphatic heterocycles. The highest BCUT2D eigenvalue weighted by Crippen LogP contribution is 2.31. The first-order valence-corrected chi connectivity index (χ1v) is 7.04. The second kappa shape index (κ2) is 5.61. The number of hydrogen-bond acceptors (Lipinski definition) is 4. The fourth-order valence-electron chi connectivity index (χ4n) is 2.87.